The summed E-state index contributed by atoms with van der Waals surface area (Å²) in [6.45, 7) is 2.49. The van der Waals surface area contributed by atoms with Crippen molar-refractivity contribution in [3.63, 3.8) is 0 Å². The van der Waals surface area contributed by atoms with Gasteiger partial charge in [-0.25, -0.2) is 0 Å². The second-order valence-electron chi connectivity index (χ2n) is 4.68. The van der Waals surface area contributed by atoms with Crippen LogP contribution >= 0.6 is 0 Å². The maximum absolute atomic E-state index is 12.5. The minimum absolute atomic E-state index is 0.0268. The number of benzene rings is 1. The van der Waals surface area contributed by atoms with E-state index in [1.807, 2.05) is 35.2 Å². The Kier molecular flexibility index (Phi) is 3.03. The molecule has 1 amide bonds. The Labute approximate surface area is 111 Å². The zero-order chi connectivity index (χ0) is 13.2. The third-order valence-corrected chi connectivity index (χ3v) is 3.36. The van der Waals surface area contributed by atoms with Crippen LogP contribution in [0.15, 0.2) is 34.7 Å². The van der Waals surface area contributed by atoms with Crippen LogP contribution in [-0.4, -0.2) is 27.5 Å². The highest BCUT2D eigenvalue weighted by Gasteiger charge is 2.33. The summed E-state index contributed by atoms with van der Waals surface area (Å²) in [5, 5.41) is 7.89. The number of hydrogen-bond donors (Lipinski definition) is 0. The van der Waals surface area contributed by atoms with Crippen LogP contribution in [0.4, 0.5) is 0 Å². The van der Waals surface area contributed by atoms with E-state index in [-0.39, 0.29) is 11.9 Å². The molecular formula is C14H15N3O2. The van der Waals surface area contributed by atoms with Gasteiger partial charge in [0.25, 0.3) is 5.91 Å². The molecule has 1 aromatic carbocycles. The molecule has 1 aliphatic heterocycles. The Bertz CT molecular complexity index is 579. The summed E-state index contributed by atoms with van der Waals surface area (Å²) in [6, 6.07) is 9.21. The Morgan fingerprint density at radius 3 is 2.79 bits per heavy atom. The summed E-state index contributed by atoms with van der Waals surface area (Å²) in [5.74, 6) is 1.10. The van der Waals surface area contributed by atoms with Crippen molar-refractivity contribution in [1.82, 2.24) is 15.1 Å². The molecule has 3 rings (SSSR count). The number of hydrogen-bond acceptors (Lipinski definition) is 4. The molecule has 1 atom stereocenters. The summed E-state index contributed by atoms with van der Waals surface area (Å²) in [5.41, 5.74) is 0.700. The van der Waals surface area contributed by atoms with Gasteiger partial charge in [0.15, 0.2) is 0 Å². The number of carbonyl (C=O) groups excluding carboxylic acids is 1. The van der Waals surface area contributed by atoms with Crippen LogP contribution in [0.5, 0.6) is 0 Å². The smallest absolute Gasteiger partial charge is 0.254 e. The first kappa shape index (κ1) is 11.9. The van der Waals surface area contributed by atoms with Gasteiger partial charge in [-0.05, 0) is 25.0 Å². The molecule has 1 aromatic heterocycles. The molecule has 1 unspecified atom stereocenters. The van der Waals surface area contributed by atoms with Crippen molar-refractivity contribution in [1.29, 1.82) is 0 Å². The highest BCUT2D eigenvalue weighted by atomic mass is 16.4. The molecule has 1 fully saturated rings. The van der Waals surface area contributed by atoms with Gasteiger partial charge in [0.1, 0.15) is 6.04 Å². The lowest BCUT2D eigenvalue weighted by molar-refractivity contribution is 0.0714. The Balaban J connectivity index is 1.86. The number of likely N-dealkylation sites (tertiary alicyclic amines) is 1. The van der Waals surface area contributed by atoms with Crippen molar-refractivity contribution in [3.05, 3.63) is 47.7 Å². The zero-order valence-electron chi connectivity index (χ0n) is 10.7. The van der Waals surface area contributed by atoms with Gasteiger partial charge in [0, 0.05) is 19.0 Å². The molecule has 0 bridgehead atoms. The molecule has 0 N–H and O–H groups in total. The fraction of sp³-hybridized carbons (Fsp3) is 0.357. The van der Waals surface area contributed by atoms with E-state index in [9.17, 15) is 4.79 Å². The van der Waals surface area contributed by atoms with Gasteiger partial charge in [-0.15, -0.1) is 10.2 Å². The normalized spacial score (nSPS) is 18.8. The molecule has 98 valence electrons. The summed E-state index contributed by atoms with van der Waals surface area (Å²) in [4.78, 5) is 14.3. The first-order valence-corrected chi connectivity index (χ1v) is 6.42. The monoisotopic (exact) mass is 257 g/mol. The number of amides is 1. The van der Waals surface area contributed by atoms with Gasteiger partial charge in [0.2, 0.25) is 11.8 Å². The maximum atomic E-state index is 12.5. The molecule has 0 radical (unpaired) electrons. The van der Waals surface area contributed by atoms with Crippen LogP contribution in [0.2, 0.25) is 0 Å². The lowest BCUT2D eigenvalue weighted by Crippen LogP contribution is -2.30. The minimum atomic E-state index is -0.0890. The summed E-state index contributed by atoms with van der Waals surface area (Å²) >= 11 is 0. The van der Waals surface area contributed by atoms with E-state index in [0.717, 1.165) is 19.4 Å². The molecule has 0 spiro atoms. The quantitative estimate of drug-likeness (QED) is 0.828. The van der Waals surface area contributed by atoms with E-state index in [4.69, 9.17) is 4.42 Å². The van der Waals surface area contributed by atoms with Crippen LogP contribution in [0.25, 0.3) is 0 Å². The number of aryl methyl sites for hydroxylation is 1. The molecule has 2 aromatic rings. The van der Waals surface area contributed by atoms with E-state index in [0.29, 0.717) is 17.3 Å². The predicted octanol–water partition coefficient (Wildman–Crippen LogP) is 2.36. The molecule has 0 saturated carbocycles. The Morgan fingerprint density at radius 1 is 1.32 bits per heavy atom. The van der Waals surface area contributed by atoms with Gasteiger partial charge < -0.3 is 9.32 Å². The van der Waals surface area contributed by atoms with Crippen LogP contribution in [-0.2, 0) is 0 Å². The van der Waals surface area contributed by atoms with Crippen molar-refractivity contribution >= 4 is 5.91 Å². The maximum Gasteiger partial charge on any atom is 0.254 e. The molecule has 5 nitrogen and oxygen atoms in total. The summed E-state index contributed by atoms with van der Waals surface area (Å²) in [6.07, 6.45) is 1.84. The largest absolute Gasteiger partial charge is 0.423 e. The average molecular weight is 257 g/mol. The van der Waals surface area contributed by atoms with Crippen molar-refractivity contribution in [3.8, 4) is 0 Å². The second-order valence-corrected chi connectivity index (χ2v) is 4.68. The van der Waals surface area contributed by atoms with Crippen molar-refractivity contribution < 1.29 is 9.21 Å². The SMILES string of the molecule is Cc1nnc(C2CCCN2C(=O)c2ccccc2)o1. The molecule has 19 heavy (non-hydrogen) atoms. The molecule has 5 heteroatoms. The predicted molar refractivity (Wildman–Crippen MR) is 68.5 cm³/mol. The van der Waals surface area contributed by atoms with Crippen LogP contribution in [0.3, 0.4) is 0 Å². The van der Waals surface area contributed by atoms with Crippen molar-refractivity contribution in [2.75, 3.05) is 6.54 Å². The van der Waals surface area contributed by atoms with Gasteiger partial charge in [0.05, 0.1) is 0 Å². The number of aromatic nitrogens is 2. The van der Waals surface area contributed by atoms with Gasteiger partial charge in [-0.1, -0.05) is 18.2 Å². The lowest BCUT2D eigenvalue weighted by Gasteiger charge is -2.21. The summed E-state index contributed by atoms with van der Waals surface area (Å²) < 4.78 is 5.47. The van der Waals surface area contributed by atoms with Gasteiger partial charge >= 0.3 is 0 Å². The fourth-order valence-electron chi connectivity index (χ4n) is 2.46. The molecule has 2 heterocycles. The minimum Gasteiger partial charge on any atom is -0.423 e. The average Bonchev–Trinajstić information content (AvgIpc) is 3.07. The topological polar surface area (TPSA) is 59.2 Å². The number of nitrogens with zero attached hydrogens (tertiary/aromatic N) is 3. The molecule has 1 saturated heterocycles. The molecule has 0 aliphatic carbocycles. The van der Waals surface area contributed by atoms with E-state index >= 15 is 0 Å². The lowest BCUT2D eigenvalue weighted by atomic mass is 10.1. The summed E-state index contributed by atoms with van der Waals surface area (Å²) in [7, 11) is 0. The van der Waals surface area contributed by atoms with Crippen LogP contribution in [0, 0.1) is 6.92 Å². The Morgan fingerprint density at radius 2 is 2.11 bits per heavy atom. The highest BCUT2D eigenvalue weighted by Crippen LogP contribution is 2.32. The Hall–Kier alpha value is -2.17. The van der Waals surface area contributed by atoms with E-state index in [2.05, 4.69) is 10.2 Å². The third-order valence-electron chi connectivity index (χ3n) is 3.36. The third kappa shape index (κ3) is 2.23. The first-order valence-electron chi connectivity index (χ1n) is 6.42. The van der Waals surface area contributed by atoms with Crippen LogP contribution < -0.4 is 0 Å². The fourth-order valence-corrected chi connectivity index (χ4v) is 2.46. The molecular weight excluding hydrogens is 242 g/mol. The first-order chi connectivity index (χ1) is 9.25. The second kappa shape index (κ2) is 4.84. The van der Waals surface area contributed by atoms with Crippen LogP contribution in [0.1, 0.15) is 41.0 Å². The highest BCUT2D eigenvalue weighted by molar-refractivity contribution is 5.94. The van der Waals surface area contributed by atoms with Crippen molar-refractivity contribution in [2.24, 2.45) is 0 Å². The van der Waals surface area contributed by atoms with E-state index in [1.54, 1.807) is 6.92 Å². The van der Waals surface area contributed by atoms with Gasteiger partial charge in [-0.2, -0.15) is 0 Å². The number of carbonyl (C=O) groups is 1. The van der Waals surface area contributed by atoms with Gasteiger partial charge in [-0.3, -0.25) is 4.79 Å². The van der Waals surface area contributed by atoms with E-state index < -0.39 is 0 Å². The standard InChI is InChI=1S/C14H15N3O2/c1-10-15-16-13(19-10)12-8-5-9-17(12)14(18)11-6-3-2-4-7-11/h2-4,6-7,12H,5,8-9H2,1H3. The number of rotatable bonds is 2. The molecule has 1 aliphatic rings. The van der Waals surface area contributed by atoms with E-state index in [1.165, 1.54) is 0 Å². The zero-order valence-corrected chi connectivity index (χ0v) is 10.7. The van der Waals surface area contributed by atoms with Crippen molar-refractivity contribution in [2.45, 2.75) is 25.8 Å².